The van der Waals surface area contributed by atoms with Crippen LogP contribution >= 0.6 is 0 Å². The topological polar surface area (TPSA) is 64.4 Å². The van der Waals surface area contributed by atoms with Crippen molar-refractivity contribution in [2.45, 2.75) is 25.7 Å². The molecule has 104 valence electrons. The van der Waals surface area contributed by atoms with Crippen LogP contribution in [0.4, 0.5) is 15.8 Å². The minimum atomic E-state index is -0.654. The fourth-order valence-electron chi connectivity index (χ4n) is 2.00. The van der Waals surface area contributed by atoms with E-state index in [0.29, 0.717) is 6.54 Å². The smallest absolute Gasteiger partial charge is 0.313 e. The molecule has 0 heterocycles. The van der Waals surface area contributed by atoms with Gasteiger partial charge in [0.2, 0.25) is 0 Å². The minimum Gasteiger partial charge on any atom is -0.490 e. The van der Waals surface area contributed by atoms with E-state index in [1.54, 1.807) is 0 Å². The number of nitrogens with one attached hydrogen (secondary N) is 1. The van der Waals surface area contributed by atoms with Gasteiger partial charge in [-0.2, -0.15) is 0 Å². The fourth-order valence-corrected chi connectivity index (χ4v) is 2.00. The Morgan fingerprint density at radius 1 is 1.53 bits per heavy atom. The van der Waals surface area contributed by atoms with E-state index in [9.17, 15) is 14.5 Å². The van der Waals surface area contributed by atoms with E-state index in [2.05, 4.69) is 5.32 Å². The SMILES string of the molecule is COc1cc(NCCCC2CC2)c(F)cc1[N+](=O)[O-]. The first-order chi connectivity index (χ1) is 9.11. The van der Waals surface area contributed by atoms with Crippen molar-refractivity contribution in [1.29, 1.82) is 0 Å². The summed E-state index contributed by atoms with van der Waals surface area (Å²) in [4.78, 5) is 10.1. The average molecular weight is 268 g/mol. The lowest BCUT2D eigenvalue weighted by Crippen LogP contribution is -2.05. The Morgan fingerprint density at radius 3 is 2.84 bits per heavy atom. The third kappa shape index (κ3) is 3.56. The van der Waals surface area contributed by atoms with Gasteiger partial charge < -0.3 is 10.1 Å². The monoisotopic (exact) mass is 268 g/mol. The molecule has 6 heteroatoms. The maximum absolute atomic E-state index is 13.7. The molecule has 0 spiro atoms. The summed E-state index contributed by atoms with van der Waals surface area (Å²) in [7, 11) is 1.33. The van der Waals surface area contributed by atoms with Crippen LogP contribution in [0.3, 0.4) is 0 Å². The number of ether oxygens (including phenoxy) is 1. The van der Waals surface area contributed by atoms with Crippen LogP contribution in [0.2, 0.25) is 0 Å². The van der Waals surface area contributed by atoms with Gasteiger partial charge in [-0.1, -0.05) is 12.8 Å². The van der Waals surface area contributed by atoms with E-state index in [1.165, 1.54) is 26.0 Å². The highest BCUT2D eigenvalue weighted by atomic mass is 19.1. The van der Waals surface area contributed by atoms with Crippen molar-refractivity contribution in [1.82, 2.24) is 0 Å². The van der Waals surface area contributed by atoms with E-state index in [4.69, 9.17) is 4.74 Å². The van der Waals surface area contributed by atoms with Gasteiger partial charge in [0.15, 0.2) is 11.6 Å². The van der Waals surface area contributed by atoms with Crippen LogP contribution < -0.4 is 10.1 Å². The molecule has 0 aromatic heterocycles. The summed E-state index contributed by atoms with van der Waals surface area (Å²) in [5, 5.41) is 13.7. The Labute approximate surface area is 110 Å². The maximum Gasteiger partial charge on any atom is 0.313 e. The quantitative estimate of drug-likeness (QED) is 0.468. The summed E-state index contributed by atoms with van der Waals surface area (Å²) < 4.78 is 18.6. The maximum atomic E-state index is 13.7. The first-order valence-electron chi connectivity index (χ1n) is 6.37. The van der Waals surface area contributed by atoms with Crippen LogP contribution in [0.25, 0.3) is 0 Å². The van der Waals surface area contributed by atoms with Crippen molar-refractivity contribution in [3.05, 3.63) is 28.1 Å². The number of rotatable bonds is 7. The molecule has 1 aliphatic rings. The molecule has 0 aliphatic heterocycles. The standard InChI is InChI=1S/C13H17FN2O3/c1-19-13-8-11(10(14)7-12(13)16(17)18)15-6-2-3-9-4-5-9/h7-9,15H,2-6H2,1H3. The predicted molar refractivity (Wildman–Crippen MR) is 70.1 cm³/mol. The first-order valence-corrected chi connectivity index (χ1v) is 6.37. The molecular weight excluding hydrogens is 251 g/mol. The van der Waals surface area contributed by atoms with Crippen LogP contribution in [0, 0.1) is 21.8 Å². The van der Waals surface area contributed by atoms with E-state index in [1.807, 2.05) is 0 Å². The molecule has 0 atom stereocenters. The summed E-state index contributed by atoms with van der Waals surface area (Å²) in [6.07, 6.45) is 4.74. The fraction of sp³-hybridized carbons (Fsp3) is 0.538. The van der Waals surface area contributed by atoms with Crippen molar-refractivity contribution in [3.63, 3.8) is 0 Å². The predicted octanol–water partition coefficient (Wildman–Crippen LogP) is 3.34. The zero-order valence-electron chi connectivity index (χ0n) is 10.8. The zero-order chi connectivity index (χ0) is 13.8. The van der Waals surface area contributed by atoms with Gasteiger partial charge in [0.25, 0.3) is 0 Å². The summed E-state index contributed by atoms with van der Waals surface area (Å²) >= 11 is 0. The number of nitro groups is 1. The Hall–Kier alpha value is -1.85. The molecule has 5 nitrogen and oxygen atoms in total. The van der Waals surface area contributed by atoms with E-state index >= 15 is 0 Å². The number of nitrogens with zero attached hydrogens (tertiary/aromatic N) is 1. The summed E-state index contributed by atoms with van der Waals surface area (Å²) in [5.41, 5.74) is -0.109. The zero-order valence-corrected chi connectivity index (χ0v) is 10.8. The number of nitro benzene ring substituents is 1. The normalized spacial score (nSPS) is 14.2. The Bertz CT molecular complexity index is 475. The third-order valence-corrected chi connectivity index (χ3v) is 3.27. The molecule has 0 amide bonds. The van der Waals surface area contributed by atoms with Crippen molar-refractivity contribution < 1.29 is 14.1 Å². The van der Waals surface area contributed by atoms with Gasteiger partial charge in [0.05, 0.1) is 23.8 Å². The highest BCUT2D eigenvalue weighted by Gasteiger charge is 2.21. The number of halogens is 1. The molecule has 0 bridgehead atoms. The lowest BCUT2D eigenvalue weighted by Gasteiger charge is -2.09. The van der Waals surface area contributed by atoms with Crippen LogP contribution in [0.1, 0.15) is 25.7 Å². The van der Waals surface area contributed by atoms with Gasteiger partial charge >= 0.3 is 5.69 Å². The van der Waals surface area contributed by atoms with E-state index in [-0.39, 0.29) is 17.1 Å². The van der Waals surface area contributed by atoms with Crippen molar-refractivity contribution >= 4 is 11.4 Å². The molecule has 0 unspecified atom stereocenters. The molecule has 0 radical (unpaired) electrons. The summed E-state index contributed by atoms with van der Waals surface area (Å²) in [6, 6.07) is 2.23. The molecule has 1 aromatic rings. The average Bonchev–Trinajstić information content (AvgIpc) is 3.19. The second kappa shape index (κ2) is 5.86. The van der Waals surface area contributed by atoms with E-state index < -0.39 is 10.7 Å². The number of benzene rings is 1. The first kappa shape index (κ1) is 13.6. The third-order valence-electron chi connectivity index (χ3n) is 3.27. The van der Waals surface area contributed by atoms with Gasteiger partial charge in [-0.25, -0.2) is 4.39 Å². The second-order valence-corrected chi connectivity index (χ2v) is 4.77. The highest BCUT2D eigenvalue weighted by Crippen LogP contribution is 2.34. The number of hydrogen-bond donors (Lipinski definition) is 1. The molecule has 2 rings (SSSR count). The Balaban J connectivity index is 2.00. The van der Waals surface area contributed by atoms with Crippen molar-refractivity contribution in [2.24, 2.45) is 5.92 Å². The molecule has 1 aromatic carbocycles. The molecule has 1 fully saturated rings. The van der Waals surface area contributed by atoms with Crippen molar-refractivity contribution in [3.8, 4) is 5.75 Å². The van der Waals surface area contributed by atoms with Gasteiger partial charge in [-0.05, 0) is 18.8 Å². The van der Waals surface area contributed by atoms with E-state index in [0.717, 1.165) is 24.8 Å². The highest BCUT2D eigenvalue weighted by molar-refractivity contribution is 5.59. The van der Waals surface area contributed by atoms with Crippen molar-refractivity contribution in [2.75, 3.05) is 19.0 Å². The van der Waals surface area contributed by atoms with Gasteiger partial charge in [0.1, 0.15) is 0 Å². The number of methoxy groups -OCH3 is 1. The van der Waals surface area contributed by atoms with Gasteiger partial charge in [0, 0.05) is 12.6 Å². The number of hydrogen-bond acceptors (Lipinski definition) is 4. The molecule has 1 aliphatic carbocycles. The molecule has 19 heavy (non-hydrogen) atoms. The Morgan fingerprint density at radius 2 is 2.26 bits per heavy atom. The summed E-state index contributed by atoms with van der Waals surface area (Å²) in [6.45, 7) is 0.661. The van der Waals surface area contributed by atoms with Gasteiger partial charge in [-0.3, -0.25) is 10.1 Å². The van der Waals surface area contributed by atoms with Crippen LogP contribution in [-0.4, -0.2) is 18.6 Å². The molecule has 0 saturated heterocycles. The second-order valence-electron chi connectivity index (χ2n) is 4.77. The van der Waals surface area contributed by atoms with Crippen LogP contribution in [0.15, 0.2) is 12.1 Å². The largest absolute Gasteiger partial charge is 0.490 e. The van der Waals surface area contributed by atoms with Gasteiger partial charge in [-0.15, -0.1) is 0 Å². The Kier molecular flexibility index (Phi) is 4.19. The summed E-state index contributed by atoms with van der Waals surface area (Å²) in [5.74, 6) is 0.285. The molecule has 1 N–H and O–H groups in total. The lowest BCUT2D eigenvalue weighted by atomic mass is 10.2. The van der Waals surface area contributed by atoms with Crippen LogP contribution in [0.5, 0.6) is 5.75 Å². The number of anilines is 1. The minimum absolute atomic E-state index is 0.0658. The van der Waals surface area contributed by atoms with Crippen LogP contribution in [-0.2, 0) is 0 Å². The molecular formula is C13H17FN2O3. The molecule has 1 saturated carbocycles. The lowest BCUT2D eigenvalue weighted by molar-refractivity contribution is -0.385.